The Hall–Kier alpha value is -2.35. The lowest BCUT2D eigenvalue weighted by atomic mass is 10.3. The number of nitrogens with two attached hydrogens (primary N) is 1. The largest absolute Gasteiger partial charge is 0.461 e. The number of rotatable bonds is 3. The molecule has 3 aromatic heterocycles. The molecule has 0 aliphatic heterocycles. The smallest absolute Gasteiger partial charge is 0.218 e. The molecule has 0 aliphatic rings. The Morgan fingerprint density at radius 3 is 2.71 bits per heavy atom. The summed E-state index contributed by atoms with van der Waals surface area (Å²) in [7, 11) is 0. The molecule has 7 nitrogen and oxygen atoms in total. The van der Waals surface area contributed by atoms with Crippen molar-refractivity contribution in [3.05, 3.63) is 35.5 Å². The molecule has 3 aromatic rings. The Morgan fingerprint density at radius 2 is 2.00 bits per heavy atom. The van der Waals surface area contributed by atoms with Gasteiger partial charge in [-0.3, -0.25) is 0 Å². The van der Waals surface area contributed by atoms with Crippen LogP contribution in [0.15, 0.2) is 33.0 Å². The van der Waals surface area contributed by atoms with Crippen molar-refractivity contribution >= 4 is 11.8 Å². The molecule has 0 unspecified atom stereocenters. The van der Waals surface area contributed by atoms with Crippen molar-refractivity contribution in [1.82, 2.24) is 24.8 Å². The fourth-order valence-corrected chi connectivity index (χ4v) is 2.76. The average molecular weight is 302 g/mol. The highest BCUT2D eigenvalue weighted by Gasteiger charge is 2.17. The molecule has 0 saturated heterocycles. The molecule has 8 heteroatoms. The van der Waals surface area contributed by atoms with Crippen molar-refractivity contribution in [2.45, 2.75) is 31.0 Å². The van der Waals surface area contributed by atoms with Crippen LogP contribution in [-0.4, -0.2) is 24.8 Å². The Bertz CT molecular complexity index is 780. The molecule has 108 valence electrons. The number of aryl methyl sites for hydroxylation is 2. The van der Waals surface area contributed by atoms with Crippen molar-refractivity contribution in [2.75, 3.05) is 5.84 Å². The highest BCUT2D eigenvalue weighted by Crippen LogP contribution is 2.29. The average Bonchev–Trinajstić information content (AvgIpc) is 3.06. The SMILES string of the molecule is Cc1nc(C)c(C)c(Sc2nnc(-c3ccco3)n2N)n1. The summed E-state index contributed by atoms with van der Waals surface area (Å²) in [5.74, 6) is 7.80. The predicted octanol–water partition coefficient (Wildman–Crippen LogP) is 2.12. The van der Waals surface area contributed by atoms with Gasteiger partial charge in [-0.2, -0.15) is 0 Å². The summed E-state index contributed by atoms with van der Waals surface area (Å²) >= 11 is 1.36. The minimum absolute atomic E-state index is 0.475. The van der Waals surface area contributed by atoms with Crippen LogP contribution in [0.2, 0.25) is 0 Å². The molecule has 0 radical (unpaired) electrons. The first-order valence-electron chi connectivity index (χ1n) is 6.30. The molecule has 0 aromatic carbocycles. The fourth-order valence-electron chi connectivity index (χ4n) is 1.84. The van der Waals surface area contributed by atoms with Crippen LogP contribution < -0.4 is 5.84 Å². The lowest BCUT2D eigenvalue weighted by Gasteiger charge is -2.07. The van der Waals surface area contributed by atoms with Crippen LogP contribution in [0, 0.1) is 20.8 Å². The van der Waals surface area contributed by atoms with Gasteiger partial charge in [-0.05, 0) is 44.7 Å². The van der Waals surface area contributed by atoms with Crippen molar-refractivity contribution in [3.63, 3.8) is 0 Å². The number of nitrogen functional groups attached to an aromatic ring is 1. The van der Waals surface area contributed by atoms with Crippen molar-refractivity contribution in [2.24, 2.45) is 0 Å². The van der Waals surface area contributed by atoms with Crippen LogP contribution in [0.25, 0.3) is 11.6 Å². The predicted molar refractivity (Wildman–Crippen MR) is 78.2 cm³/mol. The monoisotopic (exact) mass is 302 g/mol. The summed E-state index contributed by atoms with van der Waals surface area (Å²) in [6, 6.07) is 3.56. The van der Waals surface area contributed by atoms with E-state index in [0.717, 1.165) is 22.1 Å². The van der Waals surface area contributed by atoms with Gasteiger partial charge in [-0.15, -0.1) is 10.2 Å². The van der Waals surface area contributed by atoms with E-state index in [1.165, 1.54) is 16.4 Å². The van der Waals surface area contributed by atoms with Crippen LogP contribution >= 0.6 is 11.8 Å². The number of hydrogen-bond donors (Lipinski definition) is 1. The van der Waals surface area contributed by atoms with Crippen molar-refractivity contribution < 1.29 is 4.42 Å². The number of furan rings is 1. The van der Waals surface area contributed by atoms with Crippen LogP contribution in [0.4, 0.5) is 0 Å². The zero-order valence-electron chi connectivity index (χ0n) is 11.9. The van der Waals surface area contributed by atoms with E-state index >= 15 is 0 Å². The van der Waals surface area contributed by atoms with E-state index in [0.29, 0.717) is 16.7 Å². The second kappa shape index (κ2) is 5.21. The standard InChI is InChI=1S/C13H14N6OS/c1-7-8(2)15-9(3)16-12(7)21-13-18-17-11(19(13)14)10-5-4-6-20-10/h4-6H,14H2,1-3H3. The third-order valence-electron chi connectivity index (χ3n) is 3.05. The van der Waals surface area contributed by atoms with Gasteiger partial charge >= 0.3 is 0 Å². The van der Waals surface area contributed by atoms with Gasteiger partial charge in [0, 0.05) is 11.3 Å². The zero-order chi connectivity index (χ0) is 15.0. The fraction of sp³-hybridized carbons (Fsp3) is 0.231. The molecular formula is C13H14N6OS. The Labute approximate surface area is 125 Å². The highest BCUT2D eigenvalue weighted by molar-refractivity contribution is 7.99. The van der Waals surface area contributed by atoms with E-state index in [-0.39, 0.29) is 0 Å². The second-order valence-corrected chi connectivity index (χ2v) is 5.50. The van der Waals surface area contributed by atoms with E-state index in [2.05, 4.69) is 20.2 Å². The van der Waals surface area contributed by atoms with Crippen LogP contribution in [0.3, 0.4) is 0 Å². The zero-order valence-corrected chi connectivity index (χ0v) is 12.7. The summed E-state index contributed by atoms with van der Waals surface area (Å²) in [6.07, 6.45) is 1.57. The summed E-state index contributed by atoms with van der Waals surface area (Å²) in [5.41, 5.74) is 1.95. The molecule has 21 heavy (non-hydrogen) atoms. The second-order valence-electron chi connectivity index (χ2n) is 4.54. The number of nitrogens with zero attached hydrogens (tertiary/aromatic N) is 5. The Morgan fingerprint density at radius 1 is 1.19 bits per heavy atom. The lowest BCUT2D eigenvalue weighted by molar-refractivity contribution is 0.574. The van der Waals surface area contributed by atoms with Gasteiger partial charge in [0.2, 0.25) is 11.0 Å². The molecule has 3 heterocycles. The van der Waals surface area contributed by atoms with E-state index in [1.807, 2.05) is 20.8 Å². The molecule has 0 fully saturated rings. The quantitative estimate of drug-likeness (QED) is 0.584. The number of hydrogen-bond acceptors (Lipinski definition) is 7. The molecular weight excluding hydrogens is 288 g/mol. The Balaban J connectivity index is 1.97. The van der Waals surface area contributed by atoms with E-state index in [4.69, 9.17) is 10.3 Å². The van der Waals surface area contributed by atoms with E-state index in [9.17, 15) is 0 Å². The molecule has 0 saturated carbocycles. The highest BCUT2D eigenvalue weighted by atomic mass is 32.2. The molecule has 0 bridgehead atoms. The van der Waals surface area contributed by atoms with Gasteiger partial charge < -0.3 is 10.3 Å². The maximum Gasteiger partial charge on any atom is 0.218 e. The van der Waals surface area contributed by atoms with Gasteiger partial charge in [0.05, 0.1) is 6.26 Å². The summed E-state index contributed by atoms with van der Waals surface area (Å²) < 4.78 is 6.69. The first-order chi connectivity index (χ1) is 10.1. The van der Waals surface area contributed by atoms with Gasteiger partial charge in [0.15, 0.2) is 5.76 Å². The molecule has 0 aliphatic carbocycles. The lowest BCUT2D eigenvalue weighted by Crippen LogP contribution is -2.11. The molecule has 0 amide bonds. The van der Waals surface area contributed by atoms with E-state index < -0.39 is 0 Å². The number of aromatic nitrogens is 5. The minimum Gasteiger partial charge on any atom is -0.461 e. The maximum atomic E-state index is 6.04. The third kappa shape index (κ3) is 2.49. The van der Waals surface area contributed by atoms with Crippen molar-refractivity contribution in [3.8, 4) is 11.6 Å². The van der Waals surface area contributed by atoms with Crippen LogP contribution in [0.5, 0.6) is 0 Å². The molecule has 0 spiro atoms. The Kier molecular flexibility index (Phi) is 3.38. The summed E-state index contributed by atoms with van der Waals surface area (Å²) in [4.78, 5) is 8.76. The van der Waals surface area contributed by atoms with Crippen LogP contribution in [0.1, 0.15) is 17.1 Å². The van der Waals surface area contributed by atoms with Gasteiger partial charge in [0.25, 0.3) is 0 Å². The van der Waals surface area contributed by atoms with E-state index in [1.54, 1.807) is 18.4 Å². The minimum atomic E-state index is 0.475. The van der Waals surface area contributed by atoms with Gasteiger partial charge in [-0.1, -0.05) is 0 Å². The molecule has 2 N–H and O–H groups in total. The van der Waals surface area contributed by atoms with Crippen molar-refractivity contribution in [1.29, 1.82) is 0 Å². The summed E-state index contributed by atoms with van der Waals surface area (Å²) in [6.45, 7) is 5.79. The molecule has 3 rings (SSSR count). The molecule has 0 atom stereocenters. The maximum absolute atomic E-state index is 6.04. The van der Waals surface area contributed by atoms with Gasteiger partial charge in [0.1, 0.15) is 10.9 Å². The van der Waals surface area contributed by atoms with Gasteiger partial charge in [-0.25, -0.2) is 14.6 Å². The third-order valence-corrected chi connectivity index (χ3v) is 4.10. The topological polar surface area (TPSA) is 95.7 Å². The van der Waals surface area contributed by atoms with Crippen LogP contribution in [-0.2, 0) is 0 Å². The first-order valence-corrected chi connectivity index (χ1v) is 7.12. The summed E-state index contributed by atoms with van der Waals surface area (Å²) in [5, 5.41) is 9.52. The normalized spacial score (nSPS) is 11.0. The first kappa shape index (κ1) is 13.6.